The van der Waals surface area contributed by atoms with Crippen molar-refractivity contribution in [2.24, 2.45) is 0 Å². The Bertz CT molecular complexity index is 540. The predicted octanol–water partition coefficient (Wildman–Crippen LogP) is 2.71. The normalized spacial score (nSPS) is 12.1. The van der Waals surface area contributed by atoms with E-state index in [0.717, 1.165) is 5.76 Å². The number of anilines is 1. The molecular formula is C14H15FN2O2. The van der Waals surface area contributed by atoms with Crippen molar-refractivity contribution in [2.45, 2.75) is 13.0 Å². The van der Waals surface area contributed by atoms with E-state index in [1.807, 2.05) is 13.0 Å². The molecule has 5 heteroatoms. The molecule has 0 bridgehead atoms. The highest BCUT2D eigenvalue weighted by molar-refractivity contribution is 5.92. The topological polar surface area (TPSA) is 54.3 Å². The number of halogens is 1. The molecule has 1 heterocycles. The van der Waals surface area contributed by atoms with Gasteiger partial charge in [0.1, 0.15) is 11.6 Å². The first-order valence-corrected chi connectivity index (χ1v) is 5.98. The van der Waals surface area contributed by atoms with Gasteiger partial charge in [-0.05, 0) is 31.2 Å². The number of carbonyl (C=O) groups excluding carboxylic acids is 1. The Morgan fingerprint density at radius 2 is 2.11 bits per heavy atom. The molecule has 0 radical (unpaired) electrons. The molecule has 0 saturated heterocycles. The van der Waals surface area contributed by atoms with Crippen LogP contribution in [0.1, 0.15) is 18.7 Å². The van der Waals surface area contributed by atoms with Gasteiger partial charge in [0.05, 0.1) is 24.5 Å². The van der Waals surface area contributed by atoms with Crippen molar-refractivity contribution in [2.75, 3.05) is 11.9 Å². The minimum Gasteiger partial charge on any atom is -0.468 e. The van der Waals surface area contributed by atoms with Gasteiger partial charge in [0.2, 0.25) is 5.91 Å². The van der Waals surface area contributed by atoms with Crippen molar-refractivity contribution >= 4 is 11.6 Å². The zero-order chi connectivity index (χ0) is 13.7. The summed E-state index contributed by atoms with van der Waals surface area (Å²) < 4.78 is 18.5. The minimum absolute atomic E-state index is 0.0796. The first-order valence-electron chi connectivity index (χ1n) is 5.98. The van der Waals surface area contributed by atoms with Crippen LogP contribution in [0.25, 0.3) is 0 Å². The van der Waals surface area contributed by atoms with Crippen molar-refractivity contribution in [1.29, 1.82) is 0 Å². The van der Waals surface area contributed by atoms with Crippen molar-refractivity contribution in [3.8, 4) is 0 Å². The number of benzene rings is 1. The molecule has 19 heavy (non-hydrogen) atoms. The van der Waals surface area contributed by atoms with Gasteiger partial charge in [-0.1, -0.05) is 12.1 Å². The maximum Gasteiger partial charge on any atom is 0.238 e. The molecule has 0 unspecified atom stereocenters. The van der Waals surface area contributed by atoms with Crippen LogP contribution < -0.4 is 10.6 Å². The van der Waals surface area contributed by atoms with E-state index in [1.54, 1.807) is 24.5 Å². The van der Waals surface area contributed by atoms with E-state index in [4.69, 9.17) is 4.42 Å². The summed E-state index contributed by atoms with van der Waals surface area (Å²) >= 11 is 0. The van der Waals surface area contributed by atoms with E-state index in [9.17, 15) is 9.18 Å². The molecule has 0 aliphatic rings. The van der Waals surface area contributed by atoms with Crippen LogP contribution >= 0.6 is 0 Å². The third-order valence-corrected chi connectivity index (χ3v) is 2.69. The largest absolute Gasteiger partial charge is 0.468 e. The van der Waals surface area contributed by atoms with Crippen LogP contribution in [0.4, 0.5) is 10.1 Å². The van der Waals surface area contributed by atoms with Crippen molar-refractivity contribution in [3.05, 3.63) is 54.2 Å². The number of rotatable bonds is 5. The Balaban J connectivity index is 1.84. The smallest absolute Gasteiger partial charge is 0.238 e. The molecule has 1 aromatic heterocycles. The lowest BCUT2D eigenvalue weighted by atomic mass is 10.2. The van der Waals surface area contributed by atoms with Crippen molar-refractivity contribution in [1.82, 2.24) is 5.32 Å². The molecular weight excluding hydrogens is 247 g/mol. The molecule has 2 N–H and O–H groups in total. The van der Waals surface area contributed by atoms with Gasteiger partial charge in [-0.3, -0.25) is 10.1 Å². The molecule has 0 aliphatic carbocycles. The Morgan fingerprint density at radius 1 is 1.32 bits per heavy atom. The Labute approximate surface area is 110 Å². The second-order valence-corrected chi connectivity index (χ2v) is 4.15. The van der Waals surface area contributed by atoms with Crippen LogP contribution in [-0.4, -0.2) is 12.5 Å². The summed E-state index contributed by atoms with van der Waals surface area (Å²) in [7, 11) is 0. The number of amides is 1. The molecule has 2 rings (SSSR count). The first kappa shape index (κ1) is 13.3. The van der Waals surface area contributed by atoms with Gasteiger partial charge in [-0.2, -0.15) is 0 Å². The van der Waals surface area contributed by atoms with Crippen molar-refractivity contribution in [3.63, 3.8) is 0 Å². The summed E-state index contributed by atoms with van der Waals surface area (Å²) in [5.74, 6) is -0.00266. The van der Waals surface area contributed by atoms with Gasteiger partial charge in [-0.15, -0.1) is 0 Å². The lowest BCUT2D eigenvalue weighted by molar-refractivity contribution is -0.115. The first-order chi connectivity index (χ1) is 9.16. The molecule has 100 valence electrons. The summed E-state index contributed by atoms with van der Waals surface area (Å²) in [6.45, 7) is 1.96. The van der Waals surface area contributed by atoms with Gasteiger partial charge < -0.3 is 9.73 Å². The number of furan rings is 1. The summed E-state index contributed by atoms with van der Waals surface area (Å²) in [5.41, 5.74) is 0.181. The van der Waals surface area contributed by atoms with E-state index < -0.39 is 5.82 Å². The van der Waals surface area contributed by atoms with E-state index >= 15 is 0 Å². The number of para-hydroxylation sites is 1. The highest BCUT2D eigenvalue weighted by atomic mass is 19.1. The third-order valence-electron chi connectivity index (χ3n) is 2.69. The maximum atomic E-state index is 13.3. The van der Waals surface area contributed by atoms with E-state index in [-0.39, 0.29) is 24.2 Å². The Kier molecular flexibility index (Phi) is 4.30. The predicted molar refractivity (Wildman–Crippen MR) is 70.2 cm³/mol. The fourth-order valence-electron chi connectivity index (χ4n) is 1.64. The molecule has 1 amide bonds. The molecule has 2 aromatic rings. The molecule has 0 aliphatic heterocycles. The fraction of sp³-hybridized carbons (Fsp3) is 0.214. The van der Waals surface area contributed by atoms with Crippen LogP contribution in [0.5, 0.6) is 0 Å². The Hall–Kier alpha value is -2.14. The standard InChI is InChI=1S/C14H15FN2O2/c1-10(13-7-4-8-19-13)16-9-14(18)17-12-6-3-2-5-11(12)15/h2-8,10,16H,9H2,1H3,(H,17,18)/t10-/m1/s1. The van der Waals surface area contributed by atoms with E-state index in [0.29, 0.717) is 0 Å². The number of nitrogens with one attached hydrogen (secondary N) is 2. The minimum atomic E-state index is -0.449. The zero-order valence-electron chi connectivity index (χ0n) is 10.5. The average Bonchev–Trinajstić information content (AvgIpc) is 2.93. The van der Waals surface area contributed by atoms with Gasteiger partial charge >= 0.3 is 0 Å². The number of carbonyl (C=O) groups is 1. The molecule has 0 spiro atoms. The number of hydrogen-bond acceptors (Lipinski definition) is 3. The van der Waals surface area contributed by atoms with Crippen LogP contribution in [0.15, 0.2) is 47.1 Å². The fourth-order valence-corrected chi connectivity index (χ4v) is 1.64. The SMILES string of the molecule is C[C@@H](NCC(=O)Nc1ccccc1F)c1ccco1. The molecule has 1 aromatic carbocycles. The lowest BCUT2D eigenvalue weighted by Gasteiger charge is -2.11. The van der Waals surface area contributed by atoms with Crippen LogP contribution in [0.3, 0.4) is 0 Å². The second kappa shape index (κ2) is 6.15. The maximum absolute atomic E-state index is 13.3. The van der Waals surface area contributed by atoms with Crippen LogP contribution in [0, 0.1) is 5.82 Å². The molecule has 0 fully saturated rings. The highest BCUT2D eigenvalue weighted by Crippen LogP contribution is 2.13. The molecule has 4 nitrogen and oxygen atoms in total. The monoisotopic (exact) mass is 262 g/mol. The van der Waals surface area contributed by atoms with Crippen LogP contribution in [-0.2, 0) is 4.79 Å². The number of hydrogen-bond donors (Lipinski definition) is 2. The zero-order valence-corrected chi connectivity index (χ0v) is 10.5. The van der Waals surface area contributed by atoms with Crippen LogP contribution in [0.2, 0.25) is 0 Å². The van der Waals surface area contributed by atoms with Gasteiger partial charge in [0, 0.05) is 0 Å². The lowest BCUT2D eigenvalue weighted by Crippen LogP contribution is -2.30. The third kappa shape index (κ3) is 3.66. The summed E-state index contributed by atoms with van der Waals surface area (Å²) in [4.78, 5) is 11.7. The average molecular weight is 262 g/mol. The Morgan fingerprint density at radius 3 is 2.79 bits per heavy atom. The summed E-state index contributed by atoms with van der Waals surface area (Å²) in [6, 6.07) is 9.58. The van der Waals surface area contributed by atoms with Crippen molar-refractivity contribution < 1.29 is 13.6 Å². The molecule has 1 atom stereocenters. The van der Waals surface area contributed by atoms with Gasteiger partial charge in [0.15, 0.2) is 0 Å². The van der Waals surface area contributed by atoms with E-state index in [2.05, 4.69) is 10.6 Å². The van der Waals surface area contributed by atoms with E-state index in [1.165, 1.54) is 12.1 Å². The summed E-state index contributed by atoms with van der Waals surface area (Å²) in [6.07, 6.45) is 1.58. The molecule has 0 saturated carbocycles. The second-order valence-electron chi connectivity index (χ2n) is 4.15. The highest BCUT2D eigenvalue weighted by Gasteiger charge is 2.10. The quantitative estimate of drug-likeness (QED) is 0.871. The van der Waals surface area contributed by atoms with Gasteiger partial charge in [-0.25, -0.2) is 4.39 Å². The van der Waals surface area contributed by atoms with Gasteiger partial charge in [0.25, 0.3) is 0 Å². The summed E-state index contributed by atoms with van der Waals surface area (Å²) in [5, 5.41) is 5.50.